The first-order valence-corrected chi connectivity index (χ1v) is 5.88. The lowest BCUT2D eigenvalue weighted by Crippen LogP contribution is -2.20. The SMILES string of the molecule is CCn1c(C(C)(C)O)cc2cccc(OC)c21. The van der Waals surface area contributed by atoms with Gasteiger partial charge in [-0.2, -0.15) is 0 Å². The molecular weight excluding hydrogens is 214 g/mol. The van der Waals surface area contributed by atoms with Crippen molar-refractivity contribution >= 4 is 10.9 Å². The summed E-state index contributed by atoms with van der Waals surface area (Å²) in [5.74, 6) is 0.847. The largest absolute Gasteiger partial charge is 0.495 e. The van der Waals surface area contributed by atoms with Gasteiger partial charge in [-0.25, -0.2) is 0 Å². The van der Waals surface area contributed by atoms with E-state index >= 15 is 0 Å². The number of benzene rings is 1. The Morgan fingerprint density at radius 3 is 2.59 bits per heavy atom. The van der Waals surface area contributed by atoms with Crippen LogP contribution in [0.15, 0.2) is 24.3 Å². The van der Waals surface area contributed by atoms with Gasteiger partial charge in [0.15, 0.2) is 0 Å². The van der Waals surface area contributed by atoms with Gasteiger partial charge in [0.25, 0.3) is 0 Å². The van der Waals surface area contributed by atoms with E-state index in [0.717, 1.165) is 28.9 Å². The summed E-state index contributed by atoms with van der Waals surface area (Å²) in [6, 6.07) is 7.98. The predicted molar refractivity (Wildman–Crippen MR) is 69.4 cm³/mol. The average molecular weight is 233 g/mol. The van der Waals surface area contributed by atoms with Crippen molar-refractivity contribution in [3.05, 3.63) is 30.0 Å². The highest BCUT2D eigenvalue weighted by atomic mass is 16.5. The van der Waals surface area contributed by atoms with Gasteiger partial charge in [-0.15, -0.1) is 0 Å². The maximum absolute atomic E-state index is 10.2. The van der Waals surface area contributed by atoms with Crippen LogP contribution >= 0.6 is 0 Å². The van der Waals surface area contributed by atoms with Crippen LogP contribution in [0.5, 0.6) is 5.75 Å². The molecule has 92 valence electrons. The number of hydrogen-bond acceptors (Lipinski definition) is 2. The van der Waals surface area contributed by atoms with Crippen LogP contribution in [-0.4, -0.2) is 16.8 Å². The highest BCUT2D eigenvalue weighted by Crippen LogP contribution is 2.33. The van der Waals surface area contributed by atoms with Crippen LogP contribution < -0.4 is 4.74 Å². The van der Waals surface area contributed by atoms with Gasteiger partial charge >= 0.3 is 0 Å². The van der Waals surface area contributed by atoms with E-state index in [4.69, 9.17) is 4.74 Å². The van der Waals surface area contributed by atoms with Crippen molar-refractivity contribution in [2.24, 2.45) is 0 Å². The lowest BCUT2D eigenvalue weighted by atomic mass is 10.1. The predicted octanol–water partition coefficient (Wildman–Crippen LogP) is 2.90. The van der Waals surface area contributed by atoms with Crippen molar-refractivity contribution in [1.29, 1.82) is 0 Å². The molecule has 0 saturated carbocycles. The Hall–Kier alpha value is -1.48. The second-order valence-electron chi connectivity index (χ2n) is 4.73. The van der Waals surface area contributed by atoms with Gasteiger partial charge in [-0.1, -0.05) is 12.1 Å². The van der Waals surface area contributed by atoms with Crippen LogP contribution in [0.3, 0.4) is 0 Å². The smallest absolute Gasteiger partial charge is 0.143 e. The molecule has 0 spiro atoms. The molecule has 0 bridgehead atoms. The molecule has 0 unspecified atom stereocenters. The molecule has 1 aromatic heterocycles. The number of nitrogens with zero attached hydrogens (tertiary/aromatic N) is 1. The Morgan fingerprint density at radius 1 is 1.35 bits per heavy atom. The number of ether oxygens (including phenoxy) is 1. The molecule has 3 heteroatoms. The van der Waals surface area contributed by atoms with E-state index in [-0.39, 0.29) is 0 Å². The van der Waals surface area contributed by atoms with Crippen LogP contribution in [0, 0.1) is 0 Å². The Labute approximate surface area is 102 Å². The van der Waals surface area contributed by atoms with Gasteiger partial charge < -0.3 is 14.4 Å². The normalized spacial score (nSPS) is 12.1. The van der Waals surface area contributed by atoms with Gasteiger partial charge in [-0.05, 0) is 32.9 Å². The maximum Gasteiger partial charge on any atom is 0.143 e. The summed E-state index contributed by atoms with van der Waals surface area (Å²) in [6.07, 6.45) is 0. The van der Waals surface area contributed by atoms with Crippen LogP contribution in [0.4, 0.5) is 0 Å². The third kappa shape index (κ3) is 1.91. The first-order valence-electron chi connectivity index (χ1n) is 5.88. The fraction of sp³-hybridized carbons (Fsp3) is 0.429. The average Bonchev–Trinajstić information content (AvgIpc) is 2.66. The third-order valence-corrected chi connectivity index (χ3v) is 3.05. The summed E-state index contributed by atoms with van der Waals surface area (Å²) in [4.78, 5) is 0. The molecule has 0 atom stereocenters. The molecule has 17 heavy (non-hydrogen) atoms. The van der Waals surface area contributed by atoms with E-state index in [0.29, 0.717) is 0 Å². The minimum absolute atomic E-state index is 0.809. The maximum atomic E-state index is 10.2. The molecule has 0 saturated heterocycles. The topological polar surface area (TPSA) is 34.4 Å². The second-order valence-corrected chi connectivity index (χ2v) is 4.73. The number of hydrogen-bond donors (Lipinski definition) is 1. The Bertz CT molecular complexity index is 535. The van der Waals surface area contributed by atoms with Crippen LogP contribution in [-0.2, 0) is 12.1 Å². The first kappa shape index (κ1) is 12.0. The number of aromatic nitrogens is 1. The number of fused-ring (bicyclic) bond motifs is 1. The molecule has 0 aliphatic carbocycles. The zero-order valence-electron chi connectivity index (χ0n) is 10.8. The quantitative estimate of drug-likeness (QED) is 0.884. The second kappa shape index (κ2) is 4.08. The lowest BCUT2D eigenvalue weighted by Gasteiger charge is -2.20. The molecule has 3 nitrogen and oxygen atoms in total. The molecule has 1 heterocycles. The minimum Gasteiger partial charge on any atom is -0.495 e. The third-order valence-electron chi connectivity index (χ3n) is 3.05. The summed E-state index contributed by atoms with van der Waals surface area (Å²) in [5, 5.41) is 11.3. The van der Waals surface area contributed by atoms with Crippen molar-refractivity contribution in [3.63, 3.8) is 0 Å². The van der Waals surface area contributed by atoms with Gasteiger partial charge in [0, 0.05) is 11.9 Å². The Morgan fingerprint density at radius 2 is 2.06 bits per heavy atom. The Balaban J connectivity index is 2.81. The molecule has 0 aliphatic heterocycles. The summed E-state index contributed by atoms with van der Waals surface area (Å²) >= 11 is 0. The molecule has 2 aromatic rings. The summed E-state index contributed by atoms with van der Waals surface area (Å²) in [5.41, 5.74) is 1.12. The summed E-state index contributed by atoms with van der Waals surface area (Å²) in [7, 11) is 1.67. The summed E-state index contributed by atoms with van der Waals surface area (Å²) < 4.78 is 7.50. The van der Waals surface area contributed by atoms with E-state index in [9.17, 15) is 5.11 Å². The Kier molecular flexibility index (Phi) is 2.87. The van der Waals surface area contributed by atoms with Gasteiger partial charge in [0.2, 0.25) is 0 Å². The molecule has 0 amide bonds. The first-order chi connectivity index (χ1) is 7.99. The minimum atomic E-state index is -0.847. The standard InChI is InChI=1S/C14H19NO2/c1-5-15-12(14(2,3)16)9-10-7-6-8-11(17-4)13(10)15/h6-9,16H,5H2,1-4H3. The molecule has 2 rings (SSSR count). The van der Waals surface area contributed by atoms with E-state index < -0.39 is 5.60 Å². The van der Waals surface area contributed by atoms with E-state index in [1.54, 1.807) is 21.0 Å². The highest BCUT2D eigenvalue weighted by molar-refractivity contribution is 5.87. The monoisotopic (exact) mass is 233 g/mol. The zero-order chi connectivity index (χ0) is 12.6. The number of para-hydroxylation sites is 1. The molecule has 1 N–H and O–H groups in total. The van der Waals surface area contributed by atoms with Crippen molar-refractivity contribution in [2.45, 2.75) is 32.9 Å². The van der Waals surface area contributed by atoms with Gasteiger partial charge in [0.05, 0.1) is 23.9 Å². The fourth-order valence-electron chi connectivity index (χ4n) is 2.29. The van der Waals surface area contributed by atoms with Crippen molar-refractivity contribution in [2.75, 3.05) is 7.11 Å². The van der Waals surface area contributed by atoms with Crippen LogP contribution in [0.25, 0.3) is 10.9 Å². The van der Waals surface area contributed by atoms with E-state index in [2.05, 4.69) is 11.5 Å². The van der Waals surface area contributed by atoms with Gasteiger partial charge in [-0.3, -0.25) is 0 Å². The number of aryl methyl sites for hydroxylation is 1. The van der Waals surface area contributed by atoms with Crippen LogP contribution in [0.2, 0.25) is 0 Å². The van der Waals surface area contributed by atoms with Crippen molar-refractivity contribution in [1.82, 2.24) is 4.57 Å². The van der Waals surface area contributed by atoms with E-state index in [1.807, 2.05) is 24.3 Å². The molecule has 0 fully saturated rings. The van der Waals surface area contributed by atoms with E-state index in [1.165, 1.54) is 0 Å². The molecule has 0 radical (unpaired) electrons. The molecule has 0 aliphatic rings. The lowest BCUT2D eigenvalue weighted by molar-refractivity contribution is 0.0703. The highest BCUT2D eigenvalue weighted by Gasteiger charge is 2.23. The molecule has 1 aromatic carbocycles. The number of aliphatic hydroxyl groups is 1. The number of methoxy groups -OCH3 is 1. The van der Waals surface area contributed by atoms with Crippen LogP contribution in [0.1, 0.15) is 26.5 Å². The summed E-state index contributed by atoms with van der Waals surface area (Å²) in [6.45, 7) is 6.49. The van der Waals surface area contributed by atoms with Crippen molar-refractivity contribution < 1.29 is 9.84 Å². The zero-order valence-corrected chi connectivity index (χ0v) is 10.8. The van der Waals surface area contributed by atoms with Crippen molar-refractivity contribution in [3.8, 4) is 5.75 Å². The van der Waals surface area contributed by atoms with Gasteiger partial charge in [0.1, 0.15) is 5.75 Å². The fourth-order valence-corrected chi connectivity index (χ4v) is 2.29. The molecular formula is C14H19NO2. The number of rotatable bonds is 3.